The fraction of sp³-hybridized carbons (Fsp3) is 0.318. The second-order valence-electron chi connectivity index (χ2n) is 8.11. The number of carbonyl (C=O) groups is 1. The number of nitrogens with one attached hydrogen (secondary N) is 1. The van der Waals surface area contributed by atoms with Gasteiger partial charge in [0.1, 0.15) is 0 Å². The summed E-state index contributed by atoms with van der Waals surface area (Å²) in [6.45, 7) is 8.64. The van der Waals surface area contributed by atoms with Crippen LogP contribution in [0.5, 0.6) is 0 Å². The molecule has 0 spiro atoms. The second kappa shape index (κ2) is 7.70. The lowest BCUT2D eigenvalue weighted by Gasteiger charge is -2.19. The summed E-state index contributed by atoms with van der Waals surface area (Å²) in [5.41, 5.74) is 3.14. The van der Waals surface area contributed by atoms with Crippen molar-refractivity contribution in [1.82, 2.24) is 30.1 Å². The molecule has 8 heteroatoms. The van der Waals surface area contributed by atoms with Crippen LogP contribution in [0.2, 0.25) is 0 Å². The summed E-state index contributed by atoms with van der Waals surface area (Å²) in [6.07, 6.45) is 2.53. The van der Waals surface area contributed by atoms with E-state index >= 15 is 0 Å². The number of pyridine rings is 1. The molecule has 30 heavy (non-hydrogen) atoms. The monoisotopic (exact) mass is 404 g/mol. The van der Waals surface area contributed by atoms with E-state index in [2.05, 4.69) is 46.4 Å². The lowest BCUT2D eigenvalue weighted by molar-refractivity contribution is 0.0949. The normalized spacial score (nSPS) is 11.7. The van der Waals surface area contributed by atoms with E-state index in [9.17, 15) is 4.79 Å². The third kappa shape index (κ3) is 3.80. The first-order chi connectivity index (χ1) is 14.4. The minimum absolute atomic E-state index is 0.0450. The molecule has 1 N–H and O–H groups in total. The summed E-state index contributed by atoms with van der Waals surface area (Å²) in [7, 11) is 0. The zero-order valence-corrected chi connectivity index (χ0v) is 17.5. The third-order valence-electron chi connectivity index (χ3n) is 4.94. The van der Waals surface area contributed by atoms with Crippen LogP contribution < -0.4 is 5.32 Å². The van der Waals surface area contributed by atoms with Crippen LogP contribution in [0.3, 0.4) is 0 Å². The van der Waals surface area contributed by atoms with Gasteiger partial charge in [0.05, 0.1) is 12.1 Å². The van der Waals surface area contributed by atoms with Gasteiger partial charge in [-0.15, -0.1) is 10.2 Å². The van der Waals surface area contributed by atoms with Crippen molar-refractivity contribution >= 4 is 11.6 Å². The molecule has 3 heterocycles. The van der Waals surface area contributed by atoms with Crippen LogP contribution in [0.4, 0.5) is 0 Å². The molecular formula is C22H24N6O2. The maximum atomic E-state index is 12.6. The van der Waals surface area contributed by atoms with Gasteiger partial charge < -0.3 is 9.84 Å². The van der Waals surface area contributed by atoms with Crippen molar-refractivity contribution < 1.29 is 9.32 Å². The number of fused-ring (bicyclic) bond motifs is 1. The van der Waals surface area contributed by atoms with E-state index in [-0.39, 0.29) is 17.9 Å². The van der Waals surface area contributed by atoms with Crippen LogP contribution in [0.15, 0.2) is 47.1 Å². The number of benzene rings is 1. The molecule has 0 unspecified atom stereocenters. The Hall–Kier alpha value is -3.55. The van der Waals surface area contributed by atoms with Gasteiger partial charge in [-0.25, -0.2) is 0 Å². The van der Waals surface area contributed by atoms with Crippen molar-refractivity contribution in [3.8, 4) is 11.5 Å². The number of carbonyl (C=O) groups excluding carboxylic acids is 1. The first kappa shape index (κ1) is 19.8. The Morgan fingerprint density at radius 3 is 2.57 bits per heavy atom. The molecule has 0 fully saturated rings. The van der Waals surface area contributed by atoms with Crippen LogP contribution in [-0.2, 0) is 18.4 Å². The van der Waals surface area contributed by atoms with E-state index in [0.29, 0.717) is 40.7 Å². The number of aromatic nitrogens is 5. The quantitative estimate of drug-likeness (QED) is 0.546. The molecule has 0 saturated carbocycles. The number of rotatable bonds is 5. The van der Waals surface area contributed by atoms with Crippen LogP contribution >= 0.6 is 0 Å². The van der Waals surface area contributed by atoms with Crippen LogP contribution in [0.1, 0.15) is 55.3 Å². The predicted molar refractivity (Wildman–Crippen MR) is 112 cm³/mol. The minimum atomic E-state index is -0.159. The largest absolute Gasteiger partial charge is 0.345 e. The number of aryl methyl sites for hydroxylation is 1. The van der Waals surface area contributed by atoms with Gasteiger partial charge in [0.2, 0.25) is 0 Å². The van der Waals surface area contributed by atoms with E-state index in [1.165, 1.54) is 5.56 Å². The fourth-order valence-corrected chi connectivity index (χ4v) is 3.14. The van der Waals surface area contributed by atoms with E-state index in [4.69, 9.17) is 4.52 Å². The SMILES string of the molecule is CCc1noc(-c2cccn3c(CNC(=O)c4ccc(C(C)(C)C)cc4)nnc23)n1. The van der Waals surface area contributed by atoms with Gasteiger partial charge in [0.25, 0.3) is 11.8 Å². The number of hydrogen-bond donors (Lipinski definition) is 1. The number of hydrogen-bond acceptors (Lipinski definition) is 6. The van der Waals surface area contributed by atoms with Crippen molar-refractivity contribution in [2.24, 2.45) is 0 Å². The Morgan fingerprint density at radius 1 is 1.13 bits per heavy atom. The molecular weight excluding hydrogens is 380 g/mol. The molecule has 0 saturated heterocycles. The topological polar surface area (TPSA) is 98.2 Å². The molecule has 1 aromatic carbocycles. The standard InChI is InChI=1S/C22H24N6O2/c1-5-17-24-21(30-27-17)16-7-6-12-28-18(25-26-19(16)28)13-23-20(29)14-8-10-15(11-9-14)22(2,3)4/h6-12H,5,13H2,1-4H3,(H,23,29). The van der Waals surface area contributed by atoms with Gasteiger partial charge in [0, 0.05) is 18.2 Å². The van der Waals surface area contributed by atoms with E-state index < -0.39 is 0 Å². The van der Waals surface area contributed by atoms with E-state index in [1.54, 1.807) is 0 Å². The van der Waals surface area contributed by atoms with Crippen LogP contribution in [-0.4, -0.2) is 30.6 Å². The summed E-state index contributed by atoms with van der Waals surface area (Å²) in [5.74, 6) is 1.49. The lowest BCUT2D eigenvalue weighted by atomic mass is 9.87. The summed E-state index contributed by atoms with van der Waals surface area (Å²) in [5, 5.41) is 15.3. The second-order valence-corrected chi connectivity index (χ2v) is 8.11. The zero-order valence-electron chi connectivity index (χ0n) is 17.5. The highest BCUT2D eigenvalue weighted by Crippen LogP contribution is 2.23. The van der Waals surface area contributed by atoms with E-state index in [0.717, 1.165) is 0 Å². The Bertz CT molecular complexity index is 1180. The summed E-state index contributed by atoms with van der Waals surface area (Å²) in [6, 6.07) is 11.4. The van der Waals surface area contributed by atoms with Gasteiger partial charge in [-0.05, 0) is 35.2 Å². The van der Waals surface area contributed by atoms with Gasteiger partial charge >= 0.3 is 0 Å². The Balaban J connectivity index is 1.52. The minimum Gasteiger partial charge on any atom is -0.345 e. The first-order valence-electron chi connectivity index (χ1n) is 9.91. The maximum absolute atomic E-state index is 12.6. The molecule has 4 rings (SSSR count). The maximum Gasteiger partial charge on any atom is 0.261 e. The van der Waals surface area contributed by atoms with E-state index in [1.807, 2.05) is 53.9 Å². The molecule has 0 aliphatic carbocycles. The molecule has 0 radical (unpaired) electrons. The molecule has 154 valence electrons. The highest BCUT2D eigenvalue weighted by atomic mass is 16.5. The zero-order chi connectivity index (χ0) is 21.3. The van der Waals surface area contributed by atoms with Gasteiger partial charge in [-0.1, -0.05) is 45.0 Å². The molecule has 1 amide bonds. The van der Waals surface area contributed by atoms with Gasteiger partial charge in [0.15, 0.2) is 17.3 Å². The molecule has 8 nitrogen and oxygen atoms in total. The predicted octanol–water partition coefficient (Wildman–Crippen LogP) is 3.57. The fourth-order valence-electron chi connectivity index (χ4n) is 3.14. The molecule has 0 aliphatic heterocycles. The Kier molecular flexibility index (Phi) is 5.07. The smallest absolute Gasteiger partial charge is 0.261 e. The Labute approximate surface area is 174 Å². The average molecular weight is 404 g/mol. The van der Waals surface area contributed by atoms with Gasteiger partial charge in [-0.3, -0.25) is 9.20 Å². The van der Waals surface area contributed by atoms with Crippen molar-refractivity contribution in [2.75, 3.05) is 0 Å². The summed E-state index contributed by atoms with van der Waals surface area (Å²) >= 11 is 0. The average Bonchev–Trinajstić information content (AvgIpc) is 3.38. The molecule has 3 aromatic heterocycles. The molecule has 0 aliphatic rings. The van der Waals surface area contributed by atoms with Crippen molar-refractivity contribution in [3.05, 3.63) is 65.4 Å². The highest BCUT2D eigenvalue weighted by molar-refractivity contribution is 5.94. The molecule has 0 bridgehead atoms. The number of nitrogens with zero attached hydrogens (tertiary/aromatic N) is 5. The molecule has 4 aromatic rings. The van der Waals surface area contributed by atoms with Crippen molar-refractivity contribution in [1.29, 1.82) is 0 Å². The van der Waals surface area contributed by atoms with Crippen LogP contribution in [0, 0.1) is 0 Å². The number of amides is 1. The van der Waals surface area contributed by atoms with Crippen molar-refractivity contribution in [2.45, 2.75) is 46.1 Å². The summed E-state index contributed by atoms with van der Waals surface area (Å²) < 4.78 is 7.15. The summed E-state index contributed by atoms with van der Waals surface area (Å²) in [4.78, 5) is 16.9. The van der Waals surface area contributed by atoms with Gasteiger partial charge in [-0.2, -0.15) is 4.98 Å². The third-order valence-corrected chi connectivity index (χ3v) is 4.94. The molecule has 0 atom stereocenters. The Morgan fingerprint density at radius 2 is 1.90 bits per heavy atom. The van der Waals surface area contributed by atoms with Crippen molar-refractivity contribution in [3.63, 3.8) is 0 Å². The highest BCUT2D eigenvalue weighted by Gasteiger charge is 2.17. The first-order valence-corrected chi connectivity index (χ1v) is 9.91. The lowest BCUT2D eigenvalue weighted by Crippen LogP contribution is -2.24. The van der Waals surface area contributed by atoms with Crippen LogP contribution in [0.25, 0.3) is 17.1 Å².